The lowest BCUT2D eigenvalue weighted by atomic mass is 10.2. The molecule has 0 heterocycles. The van der Waals surface area contributed by atoms with Crippen molar-refractivity contribution in [1.82, 2.24) is 5.32 Å². The fourth-order valence-electron chi connectivity index (χ4n) is 1.11. The molecule has 0 bridgehead atoms. The van der Waals surface area contributed by atoms with Crippen molar-refractivity contribution in [2.45, 2.75) is 13.5 Å². The van der Waals surface area contributed by atoms with Crippen LogP contribution in [-0.4, -0.2) is 12.5 Å². The highest BCUT2D eigenvalue weighted by Gasteiger charge is 1.95. The maximum Gasteiger partial charge on any atom is 0.189 e. The molecule has 17 heavy (non-hydrogen) atoms. The van der Waals surface area contributed by atoms with Gasteiger partial charge in [0.25, 0.3) is 0 Å². The van der Waals surface area contributed by atoms with Crippen molar-refractivity contribution >= 4 is 29.9 Å². The molecule has 0 fully saturated rings. The molecule has 0 aliphatic rings. The number of nitrogens with zero attached hydrogens (tertiary/aromatic N) is 1. The molecule has 0 amide bonds. The number of hydrogen-bond donors (Lipinski definition) is 2. The first-order valence-corrected chi connectivity index (χ1v) is 5.00. The van der Waals surface area contributed by atoms with Crippen molar-refractivity contribution in [2.75, 3.05) is 6.54 Å². The second-order valence-electron chi connectivity index (χ2n) is 3.64. The van der Waals surface area contributed by atoms with Crippen LogP contribution in [0.5, 0.6) is 0 Å². The Hall–Kier alpha value is -1.11. The summed E-state index contributed by atoms with van der Waals surface area (Å²) in [6.07, 6.45) is 0. The third kappa shape index (κ3) is 6.93. The van der Waals surface area contributed by atoms with Gasteiger partial charge >= 0.3 is 0 Å². The highest BCUT2D eigenvalue weighted by atomic mass is 127. The smallest absolute Gasteiger partial charge is 0.189 e. The van der Waals surface area contributed by atoms with Gasteiger partial charge in [-0.25, -0.2) is 9.38 Å². The van der Waals surface area contributed by atoms with Crippen LogP contribution in [0.3, 0.4) is 0 Å². The van der Waals surface area contributed by atoms with E-state index in [0.29, 0.717) is 19.0 Å². The molecular weight excluding hydrogens is 332 g/mol. The van der Waals surface area contributed by atoms with Crippen molar-refractivity contribution in [2.24, 2.45) is 10.7 Å². The minimum atomic E-state index is -0.263. The fourth-order valence-corrected chi connectivity index (χ4v) is 1.11. The van der Waals surface area contributed by atoms with E-state index in [9.17, 15) is 4.39 Å². The third-order valence-electron chi connectivity index (χ3n) is 1.89. The van der Waals surface area contributed by atoms with Crippen LogP contribution >= 0.6 is 24.0 Å². The van der Waals surface area contributed by atoms with Crippen LogP contribution in [0.2, 0.25) is 0 Å². The molecule has 94 valence electrons. The first kappa shape index (κ1) is 15.9. The standard InChI is InChI=1S/C12H16FN3.HI/c1-9(2)7-15-12(14)16-8-10-4-3-5-11(13)6-10;/h3-6H,1,7-8H2,2H3,(H3,14,15,16);1H. The highest BCUT2D eigenvalue weighted by Crippen LogP contribution is 2.04. The Labute approximate surface area is 118 Å². The van der Waals surface area contributed by atoms with Gasteiger partial charge in [0.15, 0.2) is 5.96 Å². The van der Waals surface area contributed by atoms with E-state index in [-0.39, 0.29) is 29.8 Å². The molecule has 1 aromatic carbocycles. The van der Waals surface area contributed by atoms with Gasteiger partial charge in [-0.2, -0.15) is 0 Å². The summed E-state index contributed by atoms with van der Waals surface area (Å²) in [5.74, 6) is 0.0772. The molecule has 3 N–H and O–H groups in total. The van der Waals surface area contributed by atoms with E-state index >= 15 is 0 Å². The zero-order chi connectivity index (χ0) is 12.0. The number of rotatable bonds is 4. The first-order chi connectivity index (χ1) is 7.58. The maximum absolute atomic E-state index is 12.8. The molecule has 0 saturated carbocycles. The number of nitrogens with one attached hydrogen (secondary N) is 1. The van der Waals surface area contributed by atoms with Crippen LogP contribution in [-0.2, 0) is 6.54 Å². The van der Waals surface area contributed by atoms with Crippen LogP contribution in [0.1, 0.15) is 12.5 Å². The molecule has 0 aromatic heterocycles. The van der Waals surface area contributed by atoms with Gasteiger partial charge in [0.2, 0.25) is 0 Å². The van der Waals surface area contributed by atoms with Gasteiger partial charge in [-0.15, -0.1) is 24.0 Å². The van der Waals surface area contributed by atoms with Crippen molar-refractivity contribution in [3.05, 3.63) is 47.8 Å². The minimum Gasteiger partial charge on any atom is -0.370 e. The second kappa shape index (κ2) is 8.05. The molecule has 0 radical (unpaired) electrons. The Morgan fingerprint density at radius 1 is 1.53 bits per heavy atom. The molecule has 0 atom stereocenters. The molecule has 0 unspecified atom stereocenters. The maximum atomic E-state index is 12.8. The molecule has 0 spiro atoms. The zero-order valence-electron chi connectivity index (χ0n) is 9.74. The topological polar surface area (TPSA) is 50.4 Å². The third-order valence-corrected chi connectivity index (χ3v) is 1.89. The van der Waals surface area contributed by atoms with Gasteiger partial charge in [-0.3, -0.25) is 0 Å². The van der Waals surface area contributed by atoms with Crippen LogP contribution in [0.15, 0.2) is 41.4 Å². The first-order valence-electron chi connectivity index (χ1n) is 5.00. The summed E-state index contributed by atoms with van der Waals surface area (Å²) in [7, 11) is 0. The predicted molar refractivity (Wildman–Crippen MR) is 80.0 cm³/mol. The Morgan fingerprint density at radius 2 is 2.24 bits per heavy atom. The van der Waals surface area contributed by atoms with Gasteiger partial charge in [-0.05, 0) is 24.6 Å². The van der Waals surface area contributed by atoms with Gasteiger partial charge < -0.3 is 11.1 Å². The number of benzene rings is 1. The quantitative estimate of drug-likeness (QED) is 0.380. The van der Waals surface area contributed by atoms with Crippen LogP contribution in [0.4, 0.5) is 4.39 Å². The van der Waals surface area contributed by atoms with E-state index in [4.69, 9.17) is 5.73 Å². The number of guanidine groups is 1. The second-order valence-corrected chi connectivity index (χ2v) is 3.64. The summed E-state index contributed by atoms with van der Waals surface area (Å²) in [6.45, 7) is 6.59. The Bertz CT molecular complexity index is 404. The molecule has 0 saturated heterocycles. The van der Waals surface area contributed by atoms with Crippen LogP contribution < -0.4 is 11.1 Å². The summed E-state index contributed by atoms with van der Waals surface area (Å²) in [6, 6.07) is 6.29. The van der Waals surface area contributed by atoms with Gasteiger partial charge in [0.1, 0.15) is 5.82 Å². The largest absolute Gasteiger partial charge is 0.370 e. The molecule has 1 rings (SSSR count). The van der Waals surface area contributed by atoms with Gasteiger partial charge in [-0.1, -0.05) is 24.3 Å². The van der Waals surface area contributed by atoms with Crippen molar-refractivity contribution < 1.29 is 4.39 Å². The number of halogens is 2. The van der Waals surface area contributed by atoms with Gasteiger partial charge in [0.05, 0.1) is 6.54 Å². The van der Waals surface area contributed by atoms with Crippen LogP contribution in [0, 0.1) is 5.82 Å². The normalized spacial score (nSPS) is 10.6. The molecule has 0 aliphatic carbocycles. The molecule has 5 heteroatoms. The number of hydrogen-bond acceptors (Lipinski definition) is 1. The summed E-state index contributed by atoms with van der Waals surface area (Å²) in [5.41, 5.74) is 7.38. The average molecular weight is 349 g/mol. The SMILES string of the molecule is C=C(C)CNC(N)=NCc1cccc(F)c1.I. The summed E-state index contributed by atoms with van der Waals surface area (Å²) >= 11 is 0. The van der Waals surface area contributed by atoms with E-state index in [1.807, 2.05) is 6.92 Å². The summed E-state index contributed by atoms with van der Waals surface area (Å²) in [5, 5.41) is 2.90. The molecule has 0 aliphatic heterocycles. The Balaban J connectivity index is 0.00000256. The lowest BCUT2D eigenvalue weighted by Crippen LogP contribution is -2.32. The lowest BCUT2D eigenvalue weighted by molar-refractivity contribution is 0.625. The Morgan fingerprint density at radius 3 is 2.82 bits per heavy atom. The van der Waals surface area contributed by atoms with Crippen LogP contribution in [0.25, 0.3) is 0 Å². The Kier molecular flexibility index (Phi) is 7.53. The van der Waals surface area contributed by atoms with E-state index in [1.165, 1.54) is 12.1 Å². The summed E-state index contributed by atoms with van der Waals surface area (Å²) < 4.78 is 12.8. The zero-order valence-corrected chi connectivity index (χ0v) is 12.1. The van der Waals surface area contributed by atoms with E-state index in [2.05, 4.69) is 16.9 Å². The van der Waals surface area contributed by atoms with Crippen molar-refractivity contribution in [3.8, 4) is 0 Å². The van der Waals surface area contributed by atoms with Crippen molar-refractivity contribution in [3.63, 3.8) is 0 Å². The van der Waals surface area contributed by atoms with Crippen molar-refractivity contribution in [1.29, 1.82) is 0 Å². The average Bonchev–Trinajstić information content (AvgIpc) is 2.23. The molecule has 1 aromatic rings. The highest BCUT2D eigenvalue weighted by molar-refractivity contribution is 14.0. The monoisotopic (exact) mass is 349 g/mol. The van der Waals surface area contributed by atoms with E-state index in [1.54, 1.807) is 12.1 Å². The van der Waals surface area contributed by atoms with Gasteiger partial charge in [0, 0.05) is 6.54 Å². The van der Waals surface area contributed by atoms with E-state index < -0.39 is 0 Å². The molecular formula is C12H17FIN3. The number of aliphatic imine (C=N–C) groups is 1. The fraction of sp³-hybridized carbons (Fsp3) is 0.250. The molecule has 3 nitrogen and oxygen atoms in total. The number of nitrogens with two attached hydrogens (primary N) is 1. The lowest BCUT2D eigenvalue weighted by Gasteiger charge is -2.04. The summed E-state index contributed by atoms with van der Waals surface area (Å²) in [4.78, 5) is 4.08. The van der Waals surface area contributed by atoms with E-state index in [0.717, 1.165) is 11.1 Å². The predicted octanol–water partition coefficient (Wildman–Crippen LogP) is 2.42. The minimum absolute atomic E-state index is 0.